The van der Waals surface area contributed by atoms with Gasteiger partial charge in [-0.05, 0) is 48.9 Å². The monoisotopic (exact) mass is 437 g/mol. The van der Waals surface area contributed by atoms with Crippen molar-refractivity contribution in [2.45, 2.75) is 30.2 Å². The lowest BCUT2D eigenvalue weighted by Crippen LogP contribution is -2.42. The standard InChI is InChI=1S/C20H21FN2O6S/c1-12-16(11-19(24)25)17-10-14(21)7-8-18(17)22(12)30(28,29)15-6-4-5-13(9-15)20(26)23(2,3)27/h4-10,12,16,27H,11H2,1-3H3/p+1. The number of benzene rings is 2. The number of carboxylic acids is 1. The quantitative estimate of drug-likeness (QED) is 0.422. The predicted molar refractivity (Wildman–Crippen MR) is 105 cm³/mol. The normalized spacial score (nSPS) is 18.9. The molecule has 1 heterocycles. The van der Waals surface area contributed by atoms with Crippen LogP contribution in [-0.2, 0) is 14.8 Å². The van der Waals surface area contributed by atoms with Gasteiger partial charge in [0.15, 0.2) is 0 Å². The Morgan fingerprint density at radius 2 is 1.83 bits per heavy atom. The van der Waals surface area contributed by atoms with Crippen LogP contribution in [-0.4, -0.2) is 55.4 Å². The van der Waals surface area contributed by atoms with Gasteiger partial charge in [-0.15, -0.1) is 4.65 Å². The minimum absolute atomic E-state index is 0.00293. The summed E-state index contributed by atoms with van der Waals surface area (Å²) in [5.41, 5.74) is 0.496. The molecule has 0 fully saturated rings. The maximum absolute atomic E-state index is 13.8. The zero-order valence-corrected chi connectivity index (χ0v) is 17.4. The average molecular weight is 437 g/mol. The number of carbonyl (C=O) groups is 2. The van der Waals surface area contributed by atoms with E-state index < -0.39 is 44.3 Å². The van der Waals surface area contributed by atoms with Crippen molar-refractivity contribution in [2.75, 3.05) is 18.4 Å². The van der Waals surface area contributed by atoms with Gasteiger partial charge in [0.2, 0.25) is 0 Å². The van der Waals surface area contributed by atoms with Gasteiger partial charge in [0, 0.05) is 5.92 Å². The Morgan fingerprint density at radius 3 is 2.43 bits per heavy atom. The predicted octanol–water partition coefficient (Wildman–Crippen LogP) is 2.59. The second-order valence-corrected chi connectivity index (χ2v) is 9.49. The number of hydroxylamine groups is 3. The molecule has 2 aromatic carbocycles. The van der Waals surface area contributed by atoms with Gasteiger partial charge in [-0.25, -0.2) is 22.8 Å². The van der Waals surface area contributed by atoms with Gasteiger partial charge < -0.3 is 5.11 Å². The molecule has 0 bridgehead atoms. The van der Waals surface area contributed by atoms with Crippen LogP contribution >= 0.6 is 0 Å². The van der Waals surface area contributed by atoms with Crippen LogP contribution in [0.3, 0.4) is 0 Å². The molecule has 8 nitrogen and oxygen atoms in total. The van der Waals surface area contributed by atoms with Crippen molar-refractivity contribution in [3.63, 3.8) is 0 Å². The smallest absolute Gasteiger partial charge is 0.377 e. The van der Waals surface area contributed by atoms with Crippen molar-refractivity contribution < 1.29 is 37.4 Å². The van der Waals surface area contributed by atoms with E-state index in [9.17, 15) is 32.7 Å². The molecule has 2 unspecified atom stereocenters. The molecule has 2 N–H and O–H groups in total. The summed E-state index contributed by atoms with van der Waals surface area (Å²) in [4.78, 5) is 23.5. The first-order valence-corrected chi connectivity index (χ1v) is 10.6. The highest BCUT2D eigenvalue weighted by atomic mass is 32.2. The number of amides is 1. The molecule has 0 spiro atoms. The Kier molecular flexibility index (Phi) is 5.44. The molecule has 1 aliphatic rings. The first kappa shape index (κ1) is 21.9. The van der Waals surface area contributed by atoms with Crippen molar-refractivity contribution in [2.24, 2.45) is 0 Å². The van der Waals surface area contributed by atoms with Crippen molar-refractivity contribution in [3.05, 3.63) is 59.4 Å². The number of fused-ring (bicyclic) bond motifs is 1. The number of rotatable bonds is 5. The zero-order chi connectivity index (χ0) is 22.4. The van der Waals surface area contributed by atoms with Gasteiger partial charge >= 0.3 is 11.9 Å². The number of halogens is 1. The number of aliphatic carboxylic acids is 1. The zero-order valence-electron chi connectivity index (χ0n) is 16.6. The number of anilines is 1. The number of hydrogen-bond acceptors (Lipinski definition) is 5. The molecule has 0 saturated heterocycles. The molecule has 10 heteroatoms. The third kappa shape index (κ3) is 3.81. The average Bonchev–Trinajstić information content (AvgIpc) is 2.92. The first-order chi connectivity index (χ1) is 13.8. The largest absolute Gasteiger partial charge is 0.481 e. The molecule has 0 radical (unpaired) electrons. The van der Waals surface area contributed by atoms with Crippen molar-refractivity contribution >= 4 is 27.6 Å². The Labute approximate surface area is 173 Å². The van der Waals surface area contributed by atoms with E-state index in [0.717, 1.165) is 22.5 Å². The van der Waals surface area contributed by atoms with E-state index >= 15 is 0 Å². The number of carbonyl (C=O) groups excluding carboxylic acids is 1. The molecule has 160 valence electrons. The van der Waals surface area contributed by atoms with Crippen molar-refractivity contribution in [1.29, 1.82) is 0 Å². The highest BCUT2D eigenvalue weighted by Crippen LogP contribution is 2.45. The van der Waals surface area contributed by atoms with E-state index in [1.807, 2.05) is 0 Å². The topological polar surface area (TPSA) is 112 Å². The van der Waals surface area contributed by atoms with E-state index in [2.05, 4.69) is 0 Å². The van der Waals surface area contributed by atoms with Crippen LogP contribution in [0.15, 0.2) is 47.4 Å². The first-order valence-electron chi connectivity index (χ1n) is 9.11. The fraction of sp³-hybridized carbons (Fsp3) is 0.300. The molecule has 2 atom stereocenters. The molecule has 1 aliphatic heterocycles. The van der Waals surface area contributed by atoms with E-state index in [1.165, 1.54) is 38.4 Å². The summed E-state index contributed by atoms with van der Waals surface area (Å²) < 4.78 is 40.8. The van der Waals surface area contributed by atoms with E-state index in [1.54, 1.807) is 6.92 Å². The fourth-order valence-electron chi connectivity index (χ4n) is 3.70. The van der Waals surface area contributed by atoms with Gasteiger partial charge in [-0.2, -0.15) is 0 Å². The van der Waals surface area contributed by atoms with E-state index in [0.29, 0.717) is 5.56 Å². The molecule has 2 aromatic rings. The van der Waals surface area contributed by atoms with E-state index in [-0.39, 0.29) is 22.6 Å². The van der Waals surface area contributed by atoms with Gasteiger partial charge in [-0.3, -0.25) is 9.10 Å². The summed E-state index contributed by atoms with van der Waals surface area (Å²) in [7, 11) is -1.72. The molecule has 1 amide bonds. The maximum Gasteiger partial charge on any atom is 0.377 e. The van der Waals surface area contributed by atoms with E-state index in [4.69, 9.17) is 0 Å². The SMILES string of the molecule is CC1C(CC(=O)O)c2cc(F)ccc2N1S(=O)(=O)c1cccc(C(=O)[N+](C)(C)O)c1. The number of quaternary nitrogens is 1. The second kappa shape index (κ2) is 7.46. The Balaban J connectivity index is 2.11. The fourth-order valence-corrected chi connectivity index (χ4v) is 5.47. The van der Waals surface area contributed by atoms with Crippen molar-refractivity contribution in [1.82, 2.24) is 0 Å². The summed E-state index contributed by atoms with van der Waals surface area (Å²) in [5, 5.41) is 19.1. The van der Waals surface area contributed by atoms with Crippen LogP contribution in [0.25, 0.3) is 0 Å². The molecule has 0 saturated carbocycles. The Bertz CT molecular complexity index is 1130. The highest BCUT2D eigenvalue weighted by molar-refractivity contribution is 7.92. The Hall–Kier alpha value is -2.82. The van der Waals surface area contributed by atoms with Crippen LogP contribution in [0.4, 0.5) is 10.1 Å². The second-order valence-electron chi connectivity index (χ2n) is 7.68. The van der Waals surface area contributed by atoms with Gasteiger partial charge in [0.05, 0.1) is 28.6 Å². The van der Waals surface area contributed by atoms with Crippen LogP contribution in [0.2, 0.25) is 0 Å². The summed E-state index contributed by atoms with van der Waals surface area (Å²) in [6.45, 7) is 1.56. The van der Waals surface area contributed by atoms with Crippen LogP contribution in [0.5, 0.6) is 0 Å². The molecule has 0 aliphatic carbocycles. The van der Waals surface area contributed by atoms with Gasteiger partial charge in [0.25, 0.3) is 10.0 Å². The van der Waals surface area contributed by atoms with Crippen LogP contribution in [0.1, 0.15) is 35.2 Å². The third-order valence-electron chi connectivity index (χ3n) is 5.11. The summed E-state index contributed by atoms with van der Waals surface area (Å²) in [5.74, 6) is -3.16. The molecule has 3 rings (SSSR count). The minimum atomic E-state index is -4.21. The van der Waals surface area contributed by atoms with Crippen LogP contribution in [0, 0.1) is 5.82 Å². The summed E-state index contributed by atoms with van der Waals surface area (Å²) in [6, 6.07) is 8.04. The number of sulfonamides is 1. The number of hydrogen-bond donors (Lipinski definition) is 2. The summed E-state index contributed by atoms with van der Waals surface area (Å²) >= 11 is 0. The molecular formula is C20H22FN2O6S+. The molecular weight excluding hydrogens is 415 g/mol. The minimum Gasteiger partial charge on any atom is -0.481 e. The maximum atomic E-state index is 13.8. The van der Waals surface area contributed by atoms with Crippen molar-refractivity contribution in [3.8, 4) is 0 Å². The van der Waals surface area contributed by atoms with Crippen LogP contribution < -0.4 is 4.31 Å². The number of carboxylic acid groups (broad SMARTS) is 1. The van der Waals surface area contributed by atoms with Gasteiger partial charge in [0.1, 0.15) is 19.9 Å². The summed E-state index contributed by atoms with van der Waals surface area (Å²) in [6.07, 6.45) is -0.363. The lowest BCUT2D eigenvalue weighted by molar-refractivity contribution is -1.00. The third-order valence-corrected chi connectivity index (χ3v) is 7.00. The number of nitrogens with zero attached hydrogens (tertiary/aromatic N) is 2. The van der Waals surface area contributed by atoms with Gasteiger partial charge in [-0.1, -0.05) is 6.07 Å². The Morgan fingerprint density at radius 1 is 1.17 bits per heavy atom. The molecule has 30 heavy (non-hydrogen) atoms. The highest BCUT2D eigenvalue weighted by Gasteiger charge is 2.43. The molecule has 0 aromatic heterocycles. The lowest BCUT2D eigenvalue weighted by Gasteiger charge is -2.26. The lowest BCUT2D eigenvalue weighted by atomic mass is 9.93.